The quantitative estimate of drug-likeness (QED) is 0.778. The molecular formula is C8H12N2OP4. The average Bonchev–Trinajstić information content (AvgIpc) is 2.65. The fourth-order valence-electron chi connectivity index (χ4n) is 1.61. The van der Waals surface area contributed by atoms with Gasteiger partial charge in [0, 0.05) is 13.9 Å². The van der Waals surface area contributed by atoms with Gasteiger partial charge in [0.2, 0.25) is 0 Å². The van der Waals surface area contributed by atoms with Crippen LogP contribution in [-0.2, 0) is 6.42 Å². The van der Waals surface area contributed by atoms with Gasteiger partial charge in [-0.15, -0.1) is 8.93 Å². The molecule has 1 aromatic heterocycles. The van der Waals surface area contributed by atoms with Gasteiger partial charge in [0.05, 0.1) is 11.3 Å². The van der Waals surface area contributed by atoms with E-state index in [1.165, 1.54) is 0 Å². The molecule has 4 unspecified atom stereocenters. The topological polar surface area (TPSA) is 34.9 Å². The lowest BCUT2D eigenvalue weighted by Crippen LogP contribution is -2.22. The number of hydrogen-bond acceptors (Lipinski definition) is 2. The maximum absolute atomic E-state index is 12.2. The SMILES string of the molecule is Cc1nc2c(c(=O)n1P(P)PP)C=CC2. The first-order valence-corrected chi connectivity index (χ1v) is 11.0. The summed E-state index contributed by atoms with van der Waals surface area (Å²) >= 11 is 0. The molecule has 0 saturated carbocycles. The number of aromatic nitrogens is 2. The van der Waals surface area contributed by atoms with Crippen LogP contribution in [0, 0.1) is 6.92 Å². The summed E-state index contributed by atoms with van der Waals surface area (Å²) in [7, 11) is 5.61. The third-order valence-corrected chi connectivity index (χ3v) is 11.9. The molecular weight excluding hydrogens is 264 g/mol. The number of nitrogens with zero attached hydrogens (tertiary/aromatic N) is 2. The van der Waals surface area contributed by atoms with Crippen molar-refractivity contribution in [1.29, 1.82) is 0 Å². The number of fused-ring (bicyclic) bond motifs is 1. The molecule has 0 aromatic carbocycles. The fourth-order valence-corrected chi connectivity index (χ4v) is 5.29. The second-order valence-electron chi connectivity index (χ2n) is 3.22. The summed E-state index contributed by atoms with van der Waals surface area (Å²) in [5.74, 6) is 0.832. The Hall–Kier alpha value is 0.340. The monoisotopic (exact) mass is 276 g/mol. The second-order valence-corrected chi connectivity index (χ2v) is 12.1. The minimum atomic E-state index is -0.506. The van der Waals surface area contributed by atoms with E-state index in [2.05, 4.69) is 22.8 Å². The lowest BCUT2D eigenvalue weighted by molar-refractivity contribution is 0.920. The third kappa shape index (κ3) is 2.09. The molecule has 1 aliphatic carbocycles. The number of aryl methyl sites for hydroxylation is 1. The zero-order valence-electron chi connectivity index (χ0n) is 8.27. The lowest BCUT2D eigenvalue weighted by atomic mass is 10.3. The van der Waals surface area contributed by atoms with Gasteiger partial charge in [0.25, 0.3) is 5.56 Å². The van der Waals surface area contributed by atoms with Gasteiger partial charge in [-0.05, 0) is 6.92 Å². The lowest BCUT2D eigenvalue weighted by Gasteiger charge is -2.16. The van der Waals surface area contributed by atoms with E-state index in [1.807, 2.05) is 23.4 Å². The molecule has 0 N–H and O–H groups in total. The number of hydrogen-bond donors (Lipinski definition) is 0. The van der Waals surface area contributed by atoms with Crippen molar-refractivity contribution in [1.82, 2.24) is 9.32 Å². The van der Waals surface area contributed by atoms with Crippen LogP contribution in [0.2, 0.25) is 0 Å². The molecule has 15 heavy (non-hydrogen) atoms. The van der Waals surface area contributed by atoms with Crippen LogP contribution in [0.15, 0.2) is 10.9 Å². The van der Waals surface area contributed by atoms with Gasteiger partial charge < -0.3 is 0 Å². The summed E-state index contributed by atoms with van der Waals surface area (Å²) in [6.07, 6.45) is 4.68. The Morgan fingerprint density at radius 1 is 1.67 bits per heavy atom. The van der Waals surface area contributed by atoms with Crippen LogP contribution in [-0.4, -0.2) is 9.32 Å². The van der Waals surface area contributed by atoms with E-state index in [9.17, 15) is 4.79 Å². The van der Waals surface area contributed by atoms with Gasteiger partial charge in [0.1, 0.15) is 5.82 Å². The van der Waals surface area contributed by atoms with Crippen molar-refractivity contribution >= 4 is 39.3 Å². The normalized spacial score (nSPS) is 16.2. The van der Waals surface area contributed by atoms with Crippen LogP contribution in [0.1, 0.15) is 17.1 Å². The zero-order valence-corrected chi connectivity index (χ0v) is 12.5. The number of allylic oxidation sites excluding steroid dienone is 1. The van der Waals surface area contributed by atoms with Crippen molar-refractivity contribution in [2.45, 2.75) is 13.3 Å². The van der Waals surface area contributed by atoms with Gasteiger partial charge in [-0.25, -0.2) is 4.98 Å². The van der Waals surface area contributed by atoms with Crippen molar-refractivity contribution in [2.24, 2.45) is 0 Å². The maximum Gasteiger partial charge on any atom is 0.264 e. The van der Waals surface area contributed by atoms with E-state index >= 15 is 0 Å². The Balaban J connectivity index is 2.65. The highest BCUT2D eigenvalue weighted by Crippen LogP contribution is 2.66. The van der Waals surface area contributed by atoms with E-state index in [4.69, 9.17) is 0 Å². The van der Waals surface area contributed by atoms with E-state index in [0.29, 0.717) is 7.96 Å². The first-order chi connectivity index (χ1) is 7.15. The van der Waals surface area contributed by atoms with E-state index in [0.717, 1.165) is 23.5 Å². The Labute approximate surface area is 95.8 Å². The highest BCUT2D eigenvalue weighted by Gasteiger charge is 2.17. The molecule has 1 heterocycles. The van der Waals surface area contributed by atoms with Gasteiger partial charge >= 0.3 is 0 Å². The largest absolute Gasteiger partial charge is 0.268 e. The van der Waals surface area contributed by atoms with Crippen LogP contribution in [0.3, 0.4) is 0 Å². The van der Waals surface area contributed by atoms with Crippen molar-refractivity contribution < 1.29 is 0 Å². The molecule has 4 atom stereocenters. The second kappa shape index (κ2) is 4.68. The predicted molar refractivity (Wildman–Crippen MR) is 76.0 cm³/mol. The summed E-state index contributed by atoms with van der Waals surface area (Å²) in [6.45, 7) is 1.91. The molecule has 0 bridgehead atoms. The zero-order chi connectivity index (χ0) is 11.0. The first kappa shape index (κ1) is 11.8. The fraction of sp³-hybridized carbons (Fsp3) is 0.250. The maximum atomic E-state index is 12.2. The average molecular weight is 276 g/mol. The molecule has 7 heteroatoms. The van der Waals surface area contributed by atoms with Crippen molar-refractivity contribution in [3.8, 4) is 0 Å². The smallest absolute Gasteiger partial charge is 0.264 e. The van der Waals surface area contributed by atoms with E-state index in [-0.39, 0.29) is 5.56 Å². The van der Waals surface area contributed by atoms with Gasteiger partial charge in [-0.2, -0.15) is 0 Å². The van der Waals surface area contributed by atoms with Crippen LogP contribution >= 0.6 is 33.3 Å². The molecule has 0 fully saturated rings. The Kier molecular flexibility index (Phi) is 3.69. The third-order valence-electron chi connectivity index (χ3n) is 2.28. The van der Waals surface area contributed by atoms with Crippen LogP contribution in [0.5, 0.6) is 0 Å². The van der Waals surface area contributed by atoms with E-state index < -0.39 is 7.45 Å². The summed E-state index contributed by atoms with van der Waals surface area (Å²) < 4.78 is 1.82. The molecule has 2 rings (SSSR count). The molecule has 0 spiro atoms. The minimum Gasteiger partial charge on any atom is -0.268 e. The predicted octanol–water partition coefficient (Wildman–Crippen LogP) is 2.54. The molecule has 0 radical (unpaired) electrons. The van der Waals surface area contributed by atoms with Gasteiger partial charge in [-0.1, -0.05) is 29.0 Å². The van der Waals surface area contributed by atoms with Crippen LogP contribution in [0.4, 0.5) is 0 Å². The first-order valence-electron chi connectivity index (χ1n) is 4.45. The van der Waals surface area contributed by atoms with Crippen molar-refractivity contribution in [3.63, 3.8) is 0 Å². The molecule has 1 aromatic rings. The molecule has 0 aliphatic heterocycles. The molecule has 3 nitrogen and oxygen atoms in total. The highest BCUT2D eigenvalue weighted by molar-refractivity contribution is 8.60. The molecule has 0 saturated heterocycles. The van der Waals surface area contributed by atoms with E-state index in [1.54, 1.807) is 0 Å². The summed E-state index contributed by atoms with van der Waals surface area (Å²) in [5.41, 5.74) is 1.82. The van der Waals surface area contributed by atoms with Gasteiger partial charge in [-0.3, -0.25) is 9.13 Å². The van der Waals surface area contributed by atoms with Crippen molar-refractivity contribution in [2.75, 3.05) is 0 Å². The Morgan fingerprint density at radius 2 is 2.40 bits per heavy atom. The summed E-state index contributed by atoms with van der Waals surface area (Å²) in [6, 6.07) is 0. The van der Waals surface area contributed by atoms with Crippen LogP contribution in [0.25, 0.3) is 6.08 Å². The highest BCUT2D eigenvalue weighted by atomic mass is 32.6. The molecule has 0 amide bonds. The Bertz CT molecular complexity index is 482. The molecule has 1 aliphatic rings. The van der Waals surface area contributed by atoms with Gasteiger partial charge in [0.15, 0.2) is 0 Å². The summed E-state index contributed by atoms with van der Waals surface area (Å²) in [4.78, 5) is 16.6. The summed E-state index contributed by atoms with van der Waals surface area (Å²) in [5, 5.41) is 0. The van der Waals surface area contributed by atoms with Crippen LogP contribution < -0.4 is 5.56 Å². The standard InChI is InChI=1S/C8H12N2OP4/c1-5-9-7-4-2-3-6(7)8(11)10(5)15(13)14-12/h2-3,14H,4,12-13H2,1H3. The number of rotatable bonds is 2. The molecule has 80 valence electrons. The van der Waals surface area contributed by atoms with Crippen molar-refractivity contribution in [3.05, 3.63) is 33.5 Å². The minimum absolute atomic E-state index is 0.113. The Morgan fingerprint density at radius 3 is 3.07 bits per heavy atom.